The highest BCUT2D eigenvalue weighted by atomic mass is 16.5. The molecule has 0 radical (unpaired) electrons. The van der Waals surface area contributed by atoms with Crippen LogP contribution >= 0.6 is 0 Å². The van der Waals surface area contributed by atoms with Crippen molar-refractivity contribution in [3.8, 4) is 0 Å². The first-order valence-corrected chi connectivity index (χ1v) is 2.09. The highest BCUT2D eigenvalue weighted by Crippen LogP contribution is 2.42. The van der Waals surface area contributed by atoms with Crippen LogP contribution in [0.1, 0.15) is 37.0 Å². The third-order valence-corrected chi connectivity index (χ3v) is 0.946. The Morgan fingerprint density at radius 3 is 2.62 bits per heavy atom. The summed E-state index contributed by atoms with van der Waals surface area (Å²) in [4.78, 5) is 0. The molecule has 1 saturated carbocycles. The molecule has 2 N–H and O–H groups in total. The summed E-state index contributed by atoms with van der Waals surface area (Å²) in [6.07, 6.45) is -11.6. The van der Waals surface area contributed by atoms with Gasteiger partial charge in [-0.2, -0.15) is 0 Å². The van der Waals surface area contributed by atoms with Gasteiger partial charge in [-0.05, 0) is 12.7 Å². The van der Waals surface area contributed by atoms with Gasteiger partial charge in [-0.1, -0.05) is 13.2 Å². The van der Waals surface area contributed by atoms with Crippen molar-refractivity contribution in [3.63, 3.8) is 0 Å². The van der Waals surface area contributed by atoms with Crippen LogP contribution in [0.4, 0.5) is 0 Å². The predicted octanol–water partition coefficient (Wildman–Crippen LogP) is 0.487. The number of rotatable bonds is 1. The van der Waals surface area contributed by atoms with Crippen molar-refractivity contribution in [2.45, 2.75) is 32.3 Å². The maximum atomic E-state index is 9.07. The standard InChI is InChI=1S/C6H12O2/c1-6(5(7)8)3-2-4-6/h5,7-8H,2-4H2,1H3/i1D2,2D2,3D2,4D2. The van der Waals surface area contributed by atoms with Crippen LogP contribution in [0, 0.1) is 5.41 Å². The molecule has 0 aromatic heterocycles. The molecule has 0 aliphatic heterocycles. The molecule has 0 unspecified atom stereocenters. The molecule has 0 heterocycles. The van der Waals surface area contributed by atoms with Crippen LogP contribution in [0.3, 0.4) is 0 Å². The molecular formula is C6H12O2. The van der Waals surface area contributed by atoms with E-state index < -0.39 is 37.7 Å². The maximum Gasteiger partial charge on any atom is 0.156 e. The second kappa shape index (κ2) is 1.71. The topological polar surface area (TPSA) is 40.5 Å². The average Bonchev–Trinajstić information content (AvgIpc) is 2.00. The van der Waals surface area contributed by atoms with E-state index in [0.717, 1.165) is 0 Å². The molecule has 2 heteroatoms. The fourth-order valence-electron chi connectivity index (χ4n) is 0.336. The summed E-state index contributed by atoms with van der Waals surface area (Å²) in [6.45, 7) is -2.25. The van der Waals surface area contributed by atoms with Gasteiger partial charge in [0, 0.05) is 16.4 Å². The van der Waals surface area contributed by atoms with Gasteiger partial charge in [0.1, 0.15) is 0 Å². The first-order valence-electron chi connectivity index (χ1n) is 6.25. The third-order valence-electron chi connectivity index (χ3n) is 0.946. The van der Waals surface area contributed by atoms with Crippen molar-refractivity contribution < 1.29 is 21.2 Å². The normalized spacial score (nSPS) is 59.5. The van der Waals surface area contributed by atoms with Gasteiger partial charge in [-0.3, -0.25) is 0 Å². The zero-order valence-electron chi connectivity index (χ0n) is 12.0. The van der Waals surface area contributed by atoms with E-state index in [1.54, 1.807) is 0 Å². The number of aliphatic hydroxyl groups excluding tert-OH is 1. The van der Waals surface area contributed by atoms with Gasteiger partial charge in [0.05, 0.1) is 0 Å². The average molecular weight is 124 g/mol. The lowest BCUT2D eigenvalue weighted by atomic mass is 9.70. The SMILES string of the molecule is [2H]C([2H])C1(C(O)O)C([2H])([2H])C([2H])([2H])C1([2H])[2H]. The summed E-state index contributed by atoms with van der Waals surface area (Å²) < 4.78 is 58.2. The van der Waals surface area contributed by atoms with Gasteiger partial charge in [0.2, 0.25) is 0 Å². The van der Waals surface area contributed by atoms with Crippen molar-refractivity contribution in [2.75, 3.05) is 0 Å². The third kappa shape index (κ3) is 0.740. The lowest BCUT2D eigenvalue weighted by Crippen LogP contribution is -2.38. The summed E-state index contributed by atoms with van der Waals surface area (Å²) in [6, 6.07) is 0. The first-order chi connectivity index (χ1) is 6.89. The summed E-state index contributed by atoms with van der Waals surface area (Å²) in [5, 5.41) is 18.1. The number of hydrogen-bond acceptors (Lipinski definition) is 2. The van der Waals surface area contributed by atoms with Gasteiger partial charge in [-0.15, -0.1) is 0 Å². The van der Waals surface area contributed by atoms with Crippen LogP contribution in [0.25, 0.3) is 0 Å². The zero-order chi connectivity index (χ0) is 13.2. The molecule has 0 amide bonds. The highest BCUT2D eigenvalue weighted by Gasteiger charge is 2.37. The van der Waals surface area contributed by atoms with Crippen molar-refractivity contribution in [1.82, 2.24) is 0 Å². The zero-order valence-corrected chi connectivity index (χ0v) is 4.05. The predicted molar refractivity (Wildman–Crippen MR) is 30.2 cm³/mol. The molecule has 0 atom stereocenters. The lowest BCUT2D eigenvalue weighted by Gasteiger charge is -2.39. The molecule has 0 spiro atoms. The van der Waals surface area contributed by atoms with E-state index in [1.807, 2.05) is 0 Å². The number of aliphatic hydroxyl groups is 2. The number of hydrogen-bond donors (Lipinski definition) is 2. The second-order valence-corrected chi connectivity index (χ2v) is 1.62. The van der Waals surface area contributed by atoms with E-state index in [-0.39, 0.29) is 0 Å². The van der Waals surface area contributed by atoms with Crippen LogP contribution < -0.4 is 0 Å². The molecule has 0 aromatic carbocycles. The molecule has 0 saturated heterocycles. The van der Waals surface area contributed by atoms with E-state index in [4.69, 9.17) is 21.2 Å². The van der Waals surface area contributed by atoms with Crippen LogP contribution in [-0.2, 0) is 0 Å². The Labute approximate surface area is 60.4 Å². The van der Waals surface area contributed by atoms with Gasteiger partial charge in [0.25, 0.3) is 0 Å². The quantitative estimate of drug-likeness (QED) is 0.499. The molecule has 1 fully saturated rings. The van der Waals surface area contributed by atoms with Gasteiger partial charge in [-0.25, -0.2) is 0 Å². The van der Waals surface area contributed by atoms with Crippen molar-refractivity contribution >= 4 is 0 Å². The Hall–Kier alpha value is -0.0800. The maximum absolute atomic E-state index is 9.07. The summed E-state index contributed by atoms with van der Waals surface area (Å²) in [5.41, 5.74) is -2.82. The van der Waals surface area contributed by atoms with Crippen LogP contribution in [0.2, 0.25) is 0 Å². The largest absolute Gasteiger partial charge is 0.368 e. The Morgan fingerprint density at radius 1 is 1.75 bits per heavy atom. The minimum Gasteiger partial charge on any atom is -0.368 e. The van der Waals surface area contributed by atoms with Crippen molar-refractivity contribution in [3.05, 3.63) is 0 Å². The molecule has 0 bridgehead atoms. The minimum atomic E-state index is -3.01. The van der Waals surface area contributed by atoms with Crippen LogP contribution in [-0.4, -0.2) is 16.5 Å². The van der Waals surface area contributed by atoms with Crippen LogP contribution in [0.5, 0.6) is 0 Å². The molecule has 1 aliphatic carbocycles. The van der Waals surface area contributed by atoms with E-state index in [9.17, 15) is 0 Å². The Kier molecular flexibility index (Phi) is 0.319. The molecule has 8 heavy (non-hydrogen) atoms. The Bertz CT molecular complexity index is 271. The van der Waals surface area contributed by atoms with E-state index >= 15 is 0 Å². The molecule has 48 valence electrons. The summed E-state index contributed by atoms with van der Waals surface area (Å²) in [7, 11) is 0. The fraction of sp³-hybridized carbons (Fsp3) is 1.00. The first kappa shape index (κ1) is 1.50. The monoisotopic (exact) mass is 124 g/mol. The lowest BCUT2D eigenvalue weighted by molar-refractivity contribution is -0.158. The summed E-state index contributed by atoms with van der Waals surface area (Å²) in [5.74, 6) is 0. The smallest absolute Gasteiger partial charge is 0.156 e. The van der Waals surface area contributed by atoms with Crippen molar-refractivity contribution in [1.29, 1.82) is 0 Å². The molecule has 0 aromatic rings. The van der Waals surface area contributed by atoms with Gasteiger partial charge < -0.3 is 10.2 Å². The van der Waals surface area contributed by atoms with E-state index in [1.165, 1.54) is 0 Å². The summed E-state index contributed by atoms with van der Waals surface area (Å²) >= 11 is 0. The van der Waals surface area contributed by atoms with Gasteiger partial charge >= 0.3 is 0 Å². The molecular weight excluding hydrogens is 104 g/mol. The molecule has 2 nitrogen and oxygen atoms in total. The highest BCUT2D eigenvalue weighted by molar-refractivity contribution is 4.84. The minimum absolute atomic E-state index is 2.25. The Morgan fingerprint density at radius 2 is 2.38 bits per heavy atom. The molecule has 1 aliphatic rings. The van der Waals surface area contributed by atoms with Crippen LogP contribution in [0.15, 0.2) is 0 Å². The fourth-order valence-corrected chi connectivity index (χ4v) is 0.336. The van der Waals surface area contributed by atoms with E-state index in [0.29, 0.717) is 0 Å². The van der Waals surface area contributed by atoms with Gasteiger partial charge in [0.15, 0.2) is 6.29 Å². The Balaban J connectivity index is 3.43. The molecule has 1 rings (SSSR count). The van der Waals surface area contributed by atoms with Crippen molar-refractivity contribution in [2.24, 2.45) is 5.41 Å². The van der Waals surface area contributed by atoms with E-state index in [2.05, 4.69) is 0 Å². The second-order valence-electron chi connectivity index (χ2n) is 1.62.